The molecule has 1 aromatic heterocycles. The van der Waals surface area contributed by atoms with Crippen LogP contribution in [0.4, 0.5) is 5.69 Å². The van der Waals surface area contributed by atoms with Crippen molar-refractivity contribution >= 4 is 5.69 Å². The minimum atomic E-state index is 0.277. The zero-order valence-electron chi connectivity index (χ0n) is 12.3. The van der Waals surface area contributed by atoms with E-state index in [4.69, 9.17) is 10.3 Å². The fourth-order valence-electron chi connectivity index (χ4n) is 3.41. The van der Waals surface area contributed by atoms with E-state index in [1.54, 1.807) is 0 Å². The van der Waals surface area contributed by atoms with Crippen LogP contribution in [0.1, 0.15) is 40.3 Å². The number of aryl methyl sites for hydroxylation is 1. The second-order valence-electron chi connectivity index (χ2n) is 5.94. The molecule has 0 saturated carbocycles. The van der Waals surface area contributed by atoms with Gasteiger partial charge in [0.05, 0.1) is 5.69 Å². The Morgan fingerprint density at radius 1 is 1.09 bits per heavy atom. The van der Waals surface area contributed by atoms with Crippen LogP contribution in [-0.2, 0) is 12.8 Å². The number of nitrogen functional groups attached to an aromatic ring is 1. The highest BCUT2D eigenvalue weighted by Gasteiger charge is 2.28. The maximum absolute atomic E-state index is 5.95. The van der Waals surface area contributed by atoms with Gasteiger partial charge in [-0.3, -0.25) is 0 Å². The van der Waals surface area contributed by atoms with E-state index in [0.29, 0.717) is 5.69 Å². The molecular formula is C19H18N2O. The molecule has 1 heterocycles. The predicted octanol–water partition coefficient (Wildman–Crippen LogP) is 3.93. The summed E-state index contributed by atoms with van der Waals surface area (Å²) in [6.07, 6.45) is 4.64. The van der Waals surface area contributed by atoms with Crippen molar-refractivity contribution in [3.05, 3.63) is 82.7 Å². The van der Waals surface area contributed by atoms with Gasteiger partial charge in [-0.1, -0.05) is 53.7 Å². The molecular weight excluding hydrogens is 272 g/mol. The normalized spacial score (nSPS) is 16.6. The third-order valence-electron chi connectivity index (χ3n) is 4.49. The topological polar surface area (TPSA) is 52.0 Å². The minimum Gasteiger partial charge on any atom is -0.395 e. The summed E-state index contributed by atoms with van der Waals surface area (Å²) in [5, 5.41) is 4.09. The second kappa shape index (κ2) is 5.34. The maximum atomic E-state index is 5.95. The maximum Gasteiger partial charge on any atom is 0.147 e. The van der Waals surface area contributed by atoms with Crippen LogP contribution >= 0.6 is 0 Å². The zero-order valence-corrected chi connectivity index (χ0v) is 12.3. The van der Waals surface area contributed by atoms with Crippen molar-refractivity contribution in [1.82, 2.24) is 5.16 Å². The fraction of sp³-hybridized carbons (Fsp3) is 0.211. The molecule has 1 atom stereocenters. The monoisotopic (exact) mass is 290 g/mol. The molecule has 1 aliphatic rings. The van der Waals surface area contributed by atoms with Gasteiger partial charge in [-0.15, -0.1) is 0 Å². The van der Waals surface area contributed by atoms with E-state index in [1.165, 1.54) is 28.5 Å². The first-order valence-electron chi connectivity index (χ1n) is 7.66. The average molecular weight is 290 g/mol. The number of rotatable bonds is 3. The molecule has 0 radical (unpaired) electrons. The summed E-state index contributed by atoms with van der Waals surface area (Å²) in [6, 6.07) is 17.4. The largest absolute Gasteiger partial charge is 0.395 e. The van der Waals surface area contributed by atoms with E-state index >= 15 is 0 Å². The number of hydrogen-bond acceptors (Lipinski definition) is 3. The first-order chi connectivity index (χ1) is 10.8. The Balaban J connectivity index is 1.62. The summed E-state index contributed by atoms with van der Waals surface area (Å²) in [7, 11) is 0. The van der Waals surface area contributed by atoms with E-state index in [2.05, 4.69) is 53.7 Å². The van der Waals surface area contributed by atoms with Crippen molar-refractivity contribution in [2.75, 3.05) is 5.73 Å². The van der Waals surface area contributed by atoms with Gasteiger partial charge in [-0.2, -0.15) is 0 Å². The number of anilines is 1. The van der Waals surface area contributed by atoms with Crippen LogP contribution in [0.25, 0.3) is 0 Å². The molecule has 0 amide bonds. The molecule has 4 rings (SSSR count). The number of benzene rings is 2. The van der Waals surface area contributed by atoms with Crippen LogP contribution in [0.5, 0.6) is 0 Å². The molecule has 0 bridgehead atoms. The van der Waals surface area contributed by atoms with E-state index < -0.39 is 0 Å². The number of aromatic nitrogens is 1. The summed E-state index contributed by atoms with van der Waals surface area (Å²) in [6.45, 7) is 0. The molecule has 3 nitrogen and oxygen atoms in total. The van der Waals surface area contributed by atoms with E-state index in [9.17, 15) is 0 Å². The first-order valence-corrected chi connectivity index (χ1v) is 7.66. The molecule has 2 N–H and O–H groups in total. The van der Waals surface area contributed by atoms with E-state index in [-0.39, 0.29) is 5.92 Å². The lowest BCUT2D eigenvalue weighted by Crippen LogP contribution is -2.00. The van der Waals surface area contributed by atoms with Gasteiger partial charge in [0, 0.05) is 5.92 Å². The van der Waals surface area contributed by atoms with Crippen LogP contribution in [0.2, 0.25) is 0 Å². The smallest absolute Gasteiger partial charge is 0.147 e. The lowest BCUT2D eigenvalue weighted by atomic mass is 9.95. The number of nitrogens with zero attached hydrogens (tertiary/aromatic N) is 1. The van der Waals surface area contributed by atoms with Gasteiger partial charge in [0.15, 0.2) is 0 Å². The molecule has 2 aromatic carbocycles. The number of hydrogen-bond donors (Lipinski definition) is 1. The van der Waals surface area contributed by atoms with Crippen molar-refractivity contribution in [2.24, 2.45) is 0 Å². The molecule has 0 fully saturated rings. The highest BCUT2D eigenvalue weighted by molar-refractivity contribution is 5.50. The average Bonchev–Trinajstić information content (AvgIpc) is 3.13. The lowest BCUT2D eigenvalue weighted by molar-refractivity contribution is 0.408. The number of nitrogens with two attached hydrogens (primary N) is 1. The Kier molecular flexibility index (Phi) is 3.19. The van der Waals surface area contributed by atoms with Gasteiger partial charge in [0.1, 0.15) is 12.0 Å². The Morgan fingerprint density at radius 3 is 2.73 bits per heavy atom. The Hall–Kier alpha value is -2.55. The summed E-state index contributed by atoms with van der Waals surface area (Å²) in [5.41, 5.74) is 13.0. The quantitative estimate of drug-likeness (QED) is 0.795. The molecule has 0 spiro atoms. The van der Waals surface area contributed by atoms with Crippen molar-refractivity contribution in [3.63, 3.8) is 0 Å². The third kappa shape index (κ3) is 2.29. The summed E-state index contributed by atoms with van der Waals surface area (Å²) in [5.74, 6) is 0.277. The Bertz CT molecular complexity index is 792. The Labute approximate surface area is 129 Å². The van der Waals surface area contributed by atoms with Crippen molar-refractivity contribution in [2.45, 2.75) is 25.2 Å². The lowest BCUT2D eigenvalue weighted by Gasteiger charge is -2.10. The van der Waals surface area contributed by atoms with Crippen molar-refractivity contribution in [3.8, 4) is 0 Å². The molecule has 0 saturated heterocycles. The summed E-state index contributed by atoms with van der Waals surface area (Å²) < 4.78 is 5.00. The summed E-state index contributed by atoms with van der Waals surface area (Å²) >= 11 is 0. The summed E-state index contributed by atoms with van der Waals surface area (Å²) in [4.78, 5) is 0. The molecule has 110 valence electrons. The standard InChI is InChI=1S/C19H18N2O/c20-18-12-22-21-19(18)17-9-7-15-11-14(6-8-16(15)17)10-13-4-2-1-3-5-13/h1-6,8,11-12,17H,7,9-10,20H2. The zero-order chi connectivity index (χ0) is 14.9. The van der Waals surface area contributed by atoms with Crippen LogP contribution in [0.3, 0.4) is 0 Å². The van der Waals surface area contributed by atoms with Gasteiger partial charge >= 0.3 is 0 Å². The SMILES string of the molecule is Nc1conc1C1CCc2cc(Cc3ccccc3)ccc21. The first kappa shape index (κ1) is 13.1. The minimum absolute atomic E-state index is 0.277. The number of fused-ring (bicyclic) bond motifs is 1. The Morgan fingerprint density at radius 2 is 1.95 bits per heavy atom. The van der Waals surface area contributed by atoms with Crippen LogP contribution < -0.4 is 5.73 Å². The molecule has 3 aromatic rings. The molecule has 1 unspecified atom stereocenters. The molecule has 3 heteroatoms. The van der Waals surface area contributed by atoms with Gasteiger partial charge in [0.25, 0.3) is 0 Å². The predicted molar refractivity (Wildman–Crippen MR) is 86.8 cm³/mol. The van der Waals surface area contributed by atoms with Gasteiger partial charge < -0.3 is 10.3 Å². The van der Waals surface area contributed by atoms with Gasteiger partial charge in [0.2, 0.25) is 0 Å². The molecule has 22 heavy (non-hydrogen) atoms. The van der Waals surface area contributed by atoms with Crippen molar-refractivity contribution in [1.29, 1.82) is 0 Å². The highest BCUT2D eigenvalue weighted by atomic mass is 16.5. The second-order valence-corrected chi connectivity index (χ2v) is 5.94. The third-order valence-corrected chi connectivity index (χ3v) is 4.49. The van der Waals surface area contributed by atoms with Crippen molar-refractivity contribution < 1.29 is 4.52 Å². The van der Waals surface area contributed by atoms with Crippen LogP contribution in [0.15, 0.2) is 59.3 Å². The van der Waals surface area contributed by atoms with Crippen LogP contribution in [0, 0.1) is 0 Å². The fourth-order valence-corrected chi connectivity index (χ4v) is 3.41. The molecule has 1 aliphatic carbocycles. The van der Waals surface area contributed by atoms with Gasteiger partial charge in [-0.25, -0.2) is 0 Å². The van der Waals surface area contributed by atoms with Gasteiger partial charge in [-0.05, 0) is 41.5 Å². The van der Waals surface area contributed by atoms with Crippen LogP contribution in [-0.4, -0.2) is 5.16 Å². The van der Waals surface area contributed by atoms with E-state index in [0.717, 1.165) is 25.0 Å². The highest BCUT2D eigenvalue weighted by Crippen LogP contribution is 2.39. The van der Waals surface area contributed by atoms with E-state index in [1.807, 2.05) is 0 Å². The molecule has 0 aliphatic heterocycles.